The van der Waals surface area contributed by atoms with E-state index in [9.17, 15) is 4.39 Å². The first-order valence-electron chi connectivity index (χ1n) is 10.4. The maximum atomic E-state index is 14.1. The molecule has 0 atom stereocenters. The lowest BCUT2D eigenvalue weighted by molar-refractivity contribution is -0.0829. The van der Waals surface area contributed by atoms with Gasteiger partial charge in [0.15, 0.2) is 5.96 Å². The van der Waals surface area contributed by atoms with Gasteiger partial charge in [0.25, 0.3) is 0 Å². The maximum absolute atomic E-state index is 14.1. The molecule has 8 heteroatoms. The zero-order chi connectivity index (χ0) is 20.7. The Kier molecular flexibility index (Phi) is 8.12. The predicted octanol–water partition coefficient (Wildman–Crippen LogP) is 2.76. The first kappa shape index (κ1) is 22.3. The van der Waals surface area contributed by atoms with Crippen LogP contribution < -0.4 is 5.32 Å². The van der Waals surface area contributed by atoms with Crippen LogP contribution in [0, 0.1) is 5.82 Å². The summed E-state index contributed by atoms with van der Waals surface area (Å²) in [5.74, 6) is 0.676. The highest BCUT2D eigenvalue weighted by Gasteiger charge is 2.33. The van der Waals surface area contributed by atoms with Crippen LogP contribution in [0.5, 0.6) is 0 Å². The average Bonchev–Trinajstić information content (AvgIpc) is 2.75. The van der Waals surface area contributed by atoms with E-state index < -0.39 is 0 Å². The highest BCUT2D eigenvalue weighted by molar-refractivity contribution is 6.31. The van der Waals surface area contributed by atoms with Crippen LogP contribution >= 0.6 is 11.6 Å². The molecule has 0 aliphatic carbocycles. The summed E-state index contributed by atoms with van der Waals surface area (Å²) in [6, 6.07) is 4.85. The van der Waals surface area contributed by atoms with Gasteiger partial charge in [0.05, 0.1) is 12.1 Å². The maximum Gasteiger partial charge on any atom is 0.194 e. The van der Waals surface area contributed by atoms with E-state index >= 15 is 0 Å². The van der Waals surface area contributed by atoms with Crippen LogP contribution in [-0.4, -0.2) is 81.0 Å². The van der Waals surface area contributed by atoms with Crippen molar-refractivity contribution in [3.63, 3.8) is 0 Å². The highest BCUT2D eigenvalue weighted by Crippen LogP contribution is 2.25. The number of methoxy groups -OCH3 is 1. The van der Waals surface area contributed by atoms with E-state index in [-0.39, 0.29) is 11.4 Å². The largest absolute Gasteiger partial charge is 0.381 e. The van der Waals surface area contributed by atoms with Gasteiger partial charge in [0.1, 0.15) is 5.82 Å². The number of benzene rings is 1. The molecule has 0 unspecified atom stereocenters. The van der Waals surface area contributed by atoms with Gasteiger partial charge in [0, 0.05) is 83.0 Å². The lowest BCUT2D eigenvalue weighted by Gasteiger charge is -2.38. The van der Waals surface area contributed by atoms with E-state index in [4.69, 9.17) is 26.1 Å². The van der Waals surface area contributed by atoms with Crippen molar-refractivity contribution in [2.24, 2.45) is 4.99 Å². The third kappa shape index (κ3) is 5.81. The van der Waals surface area contributed by atoms with E-state index in [1.807, 2.05) is 0 Å². The molecule has 29 heavy (non-hydrogen) atoms. The fourth-order valence-electron chi connectivity index (χ4n) is 3.84. The van der Waals surface area contributed by atoms with Crippen molar-refractivity contribution in [3.05, 3.63) is 34.6 Å². The minimum absolute atomic E-state index is 0.234. The van der Waals surface area contributed by atoms with Crippen LogP contribution in [-0.2, 0) is 16.0 Å². The van der Waals surface area contributed by atoms with Crippen molar-refractivity contribution >= 4 is 17.6 Å². The Morgan fingerprint density at radius 1 is 1.28 bits per heavy atom. The van der Waals surface area contributed by atoms with Crippen LogP contribution in [0.2, 0.25) is 5.02 Å². The van der Waals surface area contributed by atoms with Crippen LogP contribution in [0.15, 0.2) is 23.2 Å². The van der Waals surface area contributed by atoms with Crippen molar-refractivity contribution in [3.8, 4) is 0 Å². The number of ether oxygens (including phenoxy) is 2. The molecule has 1 aromatic rings. The van der Waals surface area contributed by atoms with E-state index in [1.165, 1.54) is 6.07 Å². The second-order valence-corrected chi connectivity index (χ2v) is 8.04. The van der Waals surface area contributed by atoms with Crippen molar-refractivity contribution in [2.45, 2.75) is 31.9 Å². The standard InChI is InChI=1S/C21H32ClFN4O2/c1-3-24-20(25-16-21(28-2)7-13-29-14-8-21)27-11-9-26(10-12-27)15-17-18(22)5-4-6-19(17)23/h4-6H,3,7-16H2,1-2H3,(H,24,25). The van der Waals surface area contributed by atoms with Crippen molar-refractivity contribution in [1.29, 1.82) is 0 Å². The molecule has 1 aromatic carbocycles. The zero-order valence-corrected chi connectivity index (χ0v) is 18.2. The number of guanidine groups is 1. The molecule has 6 nitrogen and oxygen atoms in total. The molecule has 0 radical (unpaired) electrons. The molecular formula is C21H32ClFN4O2. The van der Waals surface area contributed by atoms with Crippen LogP contribution in [0.3, 0.4) is 0 Å². The van der Waals surface area contributed by atoms with Crippen molar-refractivity contribution < 1.29 is 13.9 Å². The number of hydrogen-bond donors (Lipinski definition) is 1. The molecule has 162 valence electrons. The molecule has 0 amide bonds. The number of nitrogens with one attached hydrogen (secondary N) is 1. The van der Waals surface area contributed by atoms with Crippen LogP contribution in [0.25, 0.3) is 0 Å². The van der Waals surface area contributed by atoms with Crippen molar-refractivity contribution in [1.82, 2.24) is 15.1 Å². The molecule has 0 bridgehead atoms. The van der Waals surface area contributed by atoms with Crippen LogP contribution in [0.1, 0.15) is 25.3 Å². The normalized spacial score (nSPS) is 20.7. The molecule has 2 aliphatic rings. The summed E-state index contributed by atoms with van der Waals surface area (Å²) in [5.41, 5.74) is 0.340. The number of halogens is 2. The van der Waals surface area contributed by atoms with E-state index in [0.29, 0.717) is 23.7 Å². The Hall–Kier alpha value is -1.41. The van der Waals surface area contributed by atoms with Gasteiger partial charge < -0.3 is 19.7 Å². The highest BCUT2D eigenvalue weighted by atomic mass is 35.5. The fourth-order valence-corrected chi connectivity index (χ4v) is 4.06. The molecule has 2 saturated heterocycles. The average molecular weight is 427 g/mol. The van der Waals surface area contributed by atoms with Gasteiger partial charge in [-0.1, -0.05) is 17.7 Å². The molecule has 2 fully saturated rings. The lowest BCUT2D eigenvalue weighted by Crippen LogP contribution is -2.53. The number of aliphatic imine (C=N–C) groups is 1. The first-order chi connectivity index (χ1) is 14.1. The van der Waals surface area contributed by atoms with Gasteiger partial charge in [-0.3, -0.25) is 9.89 Å². The molecule has 2 aliphatic heterocycles. The minimum Gasteiger partial charge on any atom is -0.381 e. The summed E-state index contributed by atoms with van der Waals surface area (Å²) >= 11 is 6.18. The van der Waals surface area contributed by atoms with E-state index in [1.54, 1.807) is 19.2 Å². The summed E-state index contributed by atoms with van der Waals surface area (Å²) in [5, 5.41) is 3.89. The summed E-state index contributed by atoms with van der Waals surface area (Å²) in [4.78, 5) is 9.40. The molecule has 2 heterocycles. The minimum atomic E-state index is -0.240. The van der Waals surface area contributed by atoms with Crippen molar-refractivity contribution in [2.75, 3.05) is 59.6 Å². The molecule has 1 N–H and O–H groups in total. The Morgan fingerprint density at radius 2 is 2.00 bits per heavy atom. The zero-order valence-electron chi connectivity index (χ0n) is 17.4. The van der Waals surface area contributed by atoms with Gasteiger partial charge in [-0.2, -0.15) is 0 Å². The van der Waals surface area contributed by atoms with Gasteiger partial charge >= 0.3 is 0 Å². The summed E-state index contributed by atoms with van der Waals surface area (Å²) < 4.78 is 25.4. The van der Waals surface area contributed by atoms with E-state index in [0.717, 1.165) is 64.7 Å². The third-order valence-electron chi connectivity index (χ3n) is 5.80. The second-order valence-electron chi connectivity index (χ2n) is 7.63. The van der Waals surface area contributed by atoms with Gasteiger partial charge in [-0.15, -0.1) is 0 Å². The summed E-state index contributed by atoms with van der Waals surface area (Å²) in [6.07, 6.45) is 1.73. The number of hydrogen-bond acceptors (Lipinski definition) is 4. The Bertz CT molecular complexity index is 669. The molecule has 0 saturated carbocycles. The second kappa shape index (κ2) is 10.6. The van der Waals surface area contributed by atoms with E-state index in [2.05, 4.69) is 22.0 Å². The Labute approximate surface area is 178 Å². The predicted molar refractivity (Wildman–Crippen MR) is 114 cm³/mol. The quantitative estimate of drug-likeness (QED) is 0.560. The molecular weight excluding hydrogens is 395 g/mol. The molecule has 0 spiro atoms. The topological polar surface area (TPSA) is 49.3 Å². The smallest absolute Gasteiger partial charge is 0.194 e. The van der Waals surface area contributed by atoms with Gasteiger partial charge in [0.2, 0.25) is 0 Å². The number of nitrogens with zero attached hydrogens (tertiary/aromatic N) is 3. The molecule has 3 rings (SSSR count). The molecule has 0 aromatic heterocycles. The summed E-state index contributed by atoms with van der Waals surface area (Å²) in [7, 11) is 1.76. The fraction of sp³-hybridized carbons (Fsp3) is 0.667. The third-order valence-corrected chi connectivity index (χ3v) is 6.16. The van der Waals surface area contributed by atoms with Gasteiger partial charge in [-0.05, 0) is 19.1 Å². The van der Waals surface area contributed by atoms with Gasteiger partial charge in [-0.25, -0.2) is 4.39 Å². The van der Waals surface area contributed by atoms with Crippen LogP contribution in [0.4, 0.5) is 4.39 Å². The first-order valence-corrected chi connectivity index (χ1v) is 10.8. The SMILES string of the molecule is CCNC(=NCC1(OC)CCOCC1)N1CCN(Cc2c(F)cccc2Cl)CC1. The number of rotatable bonds is 6. The Balaban J connectivity index is 1.59. The monoisotopic (exact) mass is 426 g/mol. The summed E-state index contributed by atoms with van der Waals surface area (Å²) in [6.45, 7) is 8.81. The Morgan fingerprint density at radius 3 is 2.62 bits per heavy atom. The number of piperazine rings is 1. The lowest BCUT2D eigenvalue weighted by atomic mass is 9.94.